The van der Waals surface area contributed by atoms with E-state index in [1.165, 1.54) is 22.2 Å². The summed E-state index contributed by atoms with van der Waals surface area (Å²) in [7, 11) is 1.75. The number of fused-ring (bicyclic) bond motifs is 2. The zero-order chi connectivity index (χ0) is 14.9. The lowest BCUT2D eigenvalue weighted by Crippen LogP contribution is -2.39. The minimum Gasteiger partial charge on any atom is -0.382 e. The van der Waals surface area contributed by atoms with E-state index in [0.29, 0.717) is 6.61 Å². The van der Waals surface area contributed by atoms with E-state index in [1.807, 2.05) is 12.4 Å². The molecule has 5 nitrogen and oxygen atoms in total. The number of hydrogen-bond acceptors (Lipinski definition) is 3. The lowest BCUT2D eigenvalue weighted by atomic mass is 10.1. The molecule has 0 aliphatic carbocycles. The van der Waals surface area contributed by atoms with Crippen LogP contribution in [-0.4, -0.2) is 39.9 Å². The molecule has 0 amide bonds. The van der Waals surface area contributed by atoms with Gasteiger partial charge in [0.15, 0.2) is 0 Å². The second-order valence-electron chi connectivity index (χ2n) is 5.90. The molecule has 4 rings (SSSR count). The third-order valence-corrected chi connectivity index (χ3v) is 4.39. The second kappa shape index (κ2) is 5.59. The molecule has 3 heterocycles. The van der Waals surface area contributed by atoms with Crippen molar-refractivity contribution in [2.45, 2.75) is 19.1 Å². The summed E-state index contributed by atoms with van der Waals surface area (Å²) in [6, 6.07) is 11.0. The van der Waals surface area contributed by atoms with E-state index < -0.39 is 0 Å². The predicted molar refractivity (Wildman–Crippen MR) is 85.6 cm³/mol. The van der Waals surface area contributed by atoms with Crippen molar-refractivity contribution in [2.75, 3.05) is 20.3 Å². The fourth-order valence-corrected chi connectivity index (χ4v) is 3.43. The maximum Gasteiger partial charge on any atom is 0.0882 e. The molecular formula is C17H20N4O. The lowest BCUT2D eigenvalue weighted by Gasteiger charge is -2.33. The lowest BCUT2D eigenvalue weighted by molar-refractivity contribution is 0.0909. The van der Waals surface area contributed by atoms with Gasteiger partial charge in [-0.3, -0.25) is 9.58 Å². The topological polar surface area (TPSA) is 46.1 Å². The van der Waals surface area contributed by atoms with E-state index in [2.05, 4.69) is 50.0 Å². The molecular weight excluding hydrogens is 276 g/mol. The van der Waals surface area contributed by atoms with E-state index in [4.69, 9.17) is 4.74 Å². The van der Waals surface area contributed by atoms with E-state index in [1.54, 1.807) is 7.11 Å². The normalized spacial score (nSPS) is 18.7. The first-order valence-electron chi connectivity index (χ1n) is 7.64. The molecule has 3 aromatic rings. The van der Waals surface area contributed by atoms with Crippen molar-refractivity contribution in [2.24, 2.45) is 0 Å². The fraction of sp³-hybridized carbons (Fsp3) is 0.353. The van der Waals surface area contributed by atoms with Gasteiger partial charge in [-0.25, -0.2) is 0 Å². The average Bonchev–Trinajstić information content (AvgIpc) is 3.16. The minimum atomic E-state index is 0.286. The Kier molecular flexibility index (Phi) is 3.44. The SMILES string of the molecule is COCC1CN(Cc2cccc3[nH]ccc23)Cc2ccnn21. The molecule has 0 bridgehead atoms. The third-order valence-electron chi connectivity index (χ3n) is 4.39. The zero-order valence-corrected chi connectivity index (χ0v) is 12.7. The maximum atomic E-state index is 5.37. The highest BCUT2D eigenvalue weighted by molar-refractivity contribution is 5.82. The van der Waals surface area contributed by atoms with Crippen molar-refractivity contribution >= 4 is 10.9 Å². The molecule has 1 aliphatic rings. The molecule has 2 aromatic heterocycles. The standard InChI is InChI=1S/C17H20N4O/c1-22-12-15-11-20(10-14-5-8-19-21(14)15)9-13-3-2-4-17-16(13)6-7-18-17/h2-8,15,18H,9-12H2,1H3. The van der Waals surface area contributed by atoms with Gasteiger partial charge in [0.05, 0.1) is 18.3 Å². The summed E-state index contributed by atoms with van der Waals surface area (Å²) in [4.78, 5) is 5.76. The van der Waals surface area contributed by atoms with Crippen LogP contribution in [0.3, 0.4) is 0 Å². The number of aromatic nitrogens is 3. The van der Waals surface area contributed by atoms with Gasteiger partial charge in [0.1, 0.15) is 0 Å². The van der Waals surface area contributed by atoms with Crippen molar-refractivity contribution < 1.29 is 4.74 Å². The van der Waals surface area contributed by atoms with Crippen molar-refractivity contribution in [3.05, 3.63) is 54.0 Å². The molecule has 0 saturated carbocycles. The van der Waals surface area contributed by atoms with E-state index >= 15 is 0 Å². The molecule has 0 spiro atoms. The van der Waals surface area contributed by atoms with Gasteiger partial charge in [-0.05, 0) is 23.8 Å². The Balaban J connectivity index is 1.60. The third kappa shape index (κ3) is 2.32. The van der Waals surface area contributed by atoms with Crippen molar-refractivity contribution in [1.82, 2.24) is 19.7 Å². The van der Waals surface area contributed by atoms with Crippen LogP contribution >= 0.6 is 0 Å². The van der Waals surface area contributed by atoms with Crippen LogP contribution in [0, 0.1) is 0 Å². The molecule has 1 N–H and O–H groups in total. The molecule has 1 unspecified atom stereocenters. The molecule has 114 valence electrons. The highest BCUT2D eigenvalue weighted by Gasteiger charge is 2.25. The largest absolute Gasteiger partial charge is 0.382 e. The number of benzene rings is 1. The summed E-state index contributed by atoms with van der Waals surface area (Å²) in [6.07, 6.45) is 3.89. The van der Waals surface area contributed by atoms with Crippen LogP contribution in [0.1, 0.15) is 17.3 Å². The van der Waals surface area contributed by atoms with Crippen LogP contribution in [0.4, 0.5) is 0 Å². The first-order valence-corrected chi connectivity index (χ1v) is 7.64. The van der Waals surface area contributed by atoms with Crippen molar-refractivity contribution in [1.29, 1.82) is 0 Å². The van der Waals surface area contributed by atoms with Crippen LogP contribution in [0.2, 0.25) is 0 Å². The smallest absolute Gasteiger partial charge is 0.0882 e. The van der Waals surface area contributed by atoms with E-state index in [0.717, 1.165) is 19.6 Å². The molecule has 0 radical (unpaired) electrons. The van der Waals surface area contributed by atoms with Crippen LogP contribution in [0.5, 0.6) is 0 Å². The Morgan fingerprint density at radius 1 is 1.32 bits per heavy atom. The Morgan fingerprint density at radius 3 is 3.18 bits per heavy atom. The van der Waals surface area contributed by atoms with Crippen LogP contribution < -0.4 is 0 Å². The number of H-pyrrole nitrogens is 1. The minimum absolute atomic E-state index is 0.286. The van der Waals surface area contributed by atoms with Crippen molar-refractivity contribution in [3.8, 4) is 0 Å². The summed E-state index contributed by atoms with van der Waals surface area (Å²) in [6.45, 7) is 3.53. The Hall–Kier alpha value is -2.11. The fourth-order valence-electron chi connectivity index (χ4n) is 3.43. The quantitative estimate of drug-likeness (QED) is 0.805. The molecule has 5 heteroatoms. The number of hydrogen-bond donors (Lipinski definition) is 1. The average molecular weight is 296 g/mol. The number of ether oxygens (including phenoxy) is 1. The van der Waals surface area contributed by atoms with Crippen molar-refractivity contribution in [3.63, 3.8) is 0 Å². The summed E-state index contributed by atoms with van der Waals surface area (Å²) >= 11 is 0. The Morgan fingerprint density at radius 2 is 2.27 bits per heavy atom. The predicted octanol–water partition coefficient (Wildman–Crippen LogP) is 2.57. The van der Waals surface area contributed by atoms with Gasteiger partial charge in [0, 0.05) is 50.0 Å². The summed E-state index contributed by atoms with van der Waals surface area (Å²) in [5.74, 6) is 0. The highest BCUT2D eigenvalue weighted by Crippen LogP contribution is 2.25. The van der Waals surface area contributed by atoms with Gasteiger partial charge < -0.3 is 9.72 Å². The second-order valence-corrected chi connectivity index (χ2v) is 5.90. The number of methoxy groups -OCH3 is 1. The molecule has 0 saturated heterocycles. The zero-order valence-electron chi connectivity index (χ0n) is 12.7. The van der Waals surface area contributed by atoms with Crippen LogP contribution in [0.25, 0.3) is 10.9 Å². The molecule has 1 aromatic carbocycles. The number of nitrogens with one attached hydrogen (secondary N) is 1. The Labute approximate surface area is 129 Å². The highest BCUT2D eigenvalue weighted by atomic mass is 16.5. The van der Waals surface area contributed by atoms with Crippen LogP contribution in [0.15, 0.2) is 42.7 Å². The molecule has 22 heavy (non-hydrogen) atoms. The molecule has 1 aliphatic heterocycles. The monoisotopic (exact) mass is 296 g/mol. The van der Waals surface area contributed by atoms with Gasteiger partial charge in [0.25, 0.3) is 0 Å². The van der Waals surface area contributed by atoms with Gasteiger partial charge in [-0.1, -0.05) is 12.1 Å². The van der Waals surface area contributed by atoms with Gasteiger partial charge in [-0.15, -0.1) is 0 Å². The van der Waals surface area contributed by atoms with Gasteiger partial charge in [-0.2, -0.15) is 5.10 Å². The first-order chi connectivity index (χ1) is 10.8. The number of aromatic amines is 1. The van der Waals surface area contributed by atoms with Crippen LogP contribution in [-0.2, 0) is 17.8 Å². The number of nitrogens with zero attached hydrogens (tertiary/aromatic N) is 3. The van der Waals surface area contributed by atoms with Gasteiger partial charge in [0.2, 0.25) is 0 Å². The van der Waals surface area contributed by atoms with E-state index in [-0.39, 0.29) is 6.04 Å². The molecule has 0 fully saturated rings. The molecule has 1 atom stereocenters. The summed E-state index contributed by atoms with van der Waals surface area (Å²) in [5.41, 5.74) is 3.82. The Bertz CT molecular complexity index is 776. The van der Waals surface area contributed by atoms with Gasteiger partial charge >= 0.3 is 0 Å². The van der Waals surface area contributed by atoms with E-state index in [9.17, 15) is 0 Å². The summed E-state index contributed by atoms with van der Waals surface area (Å²) in [5, 5.41) is 5.76. The maximum absolute atomic E-state index is 5.37. The number of rotatable bonds is 4. The first kappa shape index (κ1) is 13.5. The summed E-state index contributed by atoms with van der Waals surface area (Å²) < 4.78 is 7.48.